The number of fused-ring (bicyclic) bond motifs is 1. The summed E-state index contributed by atoms with van der Waals surface area (Å²) < 4.78 is 0. The van der Waals surface area contributed by atoms with E-state index in [2.05, 4.69) is 34.1 Å². The highest BCUT2D eigenvalue weighted by atomic mass is 15.1. The van der Waals surface area contributed by atoms with E-state index in [9.17, 15) is 0 Å². The predicted molar refractivity (Wildman–Crippen MR) is 56.3 cm³/mol. The summed E-state index contributed by atoms with van der Waals surface area (Å²) in [5.74, 6) is 0. The smallest absolute Gasteiger partial charge is 0.0579 e. The van der Waals surface area contributed by atoms with Gasteiger partial charge in [-0.05, 0) is 19.2 Å². The van der Waals surface area contributed by atoms with Crippen LogP contribution in [0.2, 0.25) is 0 Å². The standard InChI is InChI=1S/C10H15N3/c1-11-6-8-7-12-9-4-2-3-5-10(9)13-8/h2-5,8,11-13H,6-7H2,1H3. The summed E-state index contributed by atoms with van der Waals surface area (Å²) in [5.41, 5.74) is 2.41. The van der Waals surface area contributed by atoms with Crippen LogP contribution in [0.1, 0.15) is 0 Å². The molecule has 70 valence electrons. The van der Waals surface area contributed by atoms with Gasteiger partial charge in [-0.2, -0.15) is 0 Å². The molecular formula is C10H15N3. The van der Waals surface area contributed by atoms with Gasteiger partial charge in [-0.1, -0.05) is 12.1 Å². The average Bonchev–Trinajstić information content (AvgIpc) is 2.18. The van der Waals surface area contributed by atoms with Crippen molar-refractivity contribution in [1.82, 2.24) is 5.32 Å². The van der Waals surface area contributed by atoms with E-state index in [-0.39, 0.29) is 0 Å². The second-order valence-electron chi connectivity index (χ2n) is 3.33. The van der Waals surface area contributed by atoms with Crippen molar-refractivity contribution in [2.75, 3.05) is 30.8 Å². The van der Waals surface area contributed by atoms with Crippen LogP contribution in [0.15, 0.2) is 24.3 Å². The van der Waals surface area contributed by atoms with E-state index in [0.717, 1.165) is 13.1 Å². The molecule has 0 aromatic heterocycles. The third kappa shape index (κ3) is 1.75. The molecule has 0 amide bonds. The lowest BCUT2D eigenvalue weighted by atomic mass is 10.1. The Hall–Kier alpha value is -1.22. The number of anilines is 2. The van der Waals surface area contributed by atoms with Gasteiger partial charge in [0.2, 0.25) is 0 Å². The van der Waals surface area contributed by atoms with Crippen LogP contribution in [-0.2, 0) is 0 Å². The number of hydrogen-bond donors (Lipinski definition) is 3. The molecule has 1 heterocycles. The fourth-order valence-corrected chi connectivity index (χ4v) is 1.64. The van der Waals surface area contributed by atoms with Gasteiger partial charge in [0.1, 0.15) is 0 Å². The van der Waals surface area contributed by atoms with Crippen molar-refractivity contribution in [3.63, 3.8) is 0 Å². The molecule has 3 nitrogen and oxygen atoms in total. The van der Waals surface area contributed by atoms with Crippen molar-refractivity contribution in [2.24, 2.45) is 0 Å². The number of hydrogen-bond acceptors (Lipinski definition) is 3. The van der Waals surface area contributed by atoms with Gasteiger partial charge < -0.3 is 16.0 Å². The summed E-state index contributed by atoms with van der Waals surface area (Å²) in [7, 11) is 1.97. The molecule has 1 aromatic carbocycles. The van der Waals surface area contributed by atoms with Crippen LogP contribution >= 0.6 is 0 Å². The minimum Gasteiger partial charge on any atom is -0.381 e. The van der Waals surface area contributed by atoms with E-state index in [1.54, 1.807) is 0 Å². The number of likely N-dealkylation sites (N-methyl/N-ethyl adjacent to an activating group) is 1. The Bertz CT molecular complexity index is 285. The first kappa shape index (κ1) is 8.38. The van der Waals surface area contributed by atoms with Gasteiger partial charge in [0, 0.05) is 13.1 Å². The maximum Gasteiger partial charge on any atom is 0.0579 e. The lowest BCUT2D eigenvalue weighted by Crippen LogP contribution is -2.39. The molecule has 0 radical (unpaired) electrons. The fourth-order valence-electron chi connectivity index (χ4n) is 1.64. The third-order valence-electron chi connectivity index (χ3n) is 2.28. The number of rotatable bonds is 2. The first-order valence-corrected chi connectivity index (χ1v) is 4.64. The summed E-state index contributed by atoms with van der Waals surface area (Å²) in [6, 6.07) is 8.78. The lowest BCUT2D eigenvalue weighted by molar-refractivity contribution is 0.668. The number of benzene rings is 1. The highest BCUT2D eigenvalue weighted by Gasteiger charge is 2.14. The van der Waals surface area contributed by atoms with Crippen LogP contribution in [0.5, 0.6) is 0 Å². The van der Waals surface area contributed by atoms with E-state index >= 15 is 0 Å². The molecule has 0 bridgehead atoms. The highest BCUT2D eigenvalue weighted by molar-refractivity contribution is 5.71. The first-order chi connectivity index (χ1) is 6.40. The third-order valence-corrected chi connectivity index (χ3v) is 2.28. The molecule has 0 saturated carbocycles. The summed E-state index contributed by atoms with van der Waals surface area (Å²) >= 11 is 0. The number of para-hydroxylation sites is 2. The Labute approximate surface area is 78.5 Å². The first-order valence-electron chi connectivity index (χ1n) is 4.64. The Balaban J connectivity index is 2.11. The van der Waals surface area contributed by atoms with Crippen LogP contribution < -0.4 is 16.0 Å². The molecule has 13 heavy (non-hydrogen) atoms. The van der Waals surface area contributed by atoms with Crippen molar-refractivity contribution in [3.8, 4) is 0 Å². The molecule has 1 atom stereocenters. The molecule has 0 spiro atoms. The van der Waals surface area contributed by atoms with Gasteiger partial charge in [-0.3, -0.25) is 0 Å². The Morgan fingerprint density at radius 3 is 2.92 bits per heavy atom. The number of nitrogens with one attached hydrogen (secondary N) is 3. The van der Waals surface area contributed by atoms with Gasteiger partial charge in [0.15, 0.2) is 0 Å². The topological polar surface area (TPSA) is 36.1 Å². The van der Waals surface area contributed by atoms with E-state index in [1.165, 1.54) is 11.4 Å². The van der Waals surface area contributed by atoms with Crippen LogP contribution in [0.4, 0.5) is 11.4 Å². The van der Waals surface area contributed by atoms with E-state index in [0.29, 0.717) is 6.04 Å². The minimum absolute atomic E-state index is 0.486. The maximum absolute atomic E-state index is 3.47. The van der Waals surface area contributed by atoms with Gasteiger partial charge in [0.05, 0.1) is 17.4 Å². The van der Waals surface area contributed by atoms with Crippen LogP contribution in [-0.4, -0.2) is 26.2 Å². The zero-order valence-corrected chi connectivity index (χ0v) is 7.80. The largest absolute Gasteiger partial charge is 0.381 e. The molecule has 3 N–H and O–H groups in total. The predicted octanol–water partition coefficient (Wildman–Crippen LogP) is 1.11. The average molecular weight is 177 g/mol. The van der Waals surface area contributed by atoms with Crippen molar-refractivity contribution in [1.29, 1.82) is 0 Å². The second-order valence-corrected chi connectivity index (χ2v) is 3.33. The summed E-state index contributed by atoms with van der Waals surface area (Å²) in [4.78, 5) is 0. The zero-order valence-electron chi connectivity index (χ0n) is 7.80. The highest BCUT2D eigenvalue weighted by Crippen LogP contribution is 2.24. The lowest BCUT2D eigenvalue weighted by Gasteiger charge is -2.28. The summed E-state index contributed by atoms with van der Waals surface area (Å²) in [5, 5.41) is 10.0. The monoisotopic (exact) mass is 177 g/mol. The summed E-state index contributed by atoms with van der Waals surface area (Å²) in [6.07, 6.45) is 0. The Kier molecular flexibility index (Phi) is 2.36. The van der Waals surface area contributed by atoms with Gasteiger partial charge in [0.25, 0.3) is 0 Å². The molecule has 0 fully saturated rings. The van der Waals surface area contributed by atoms with E-state index in [4.69, 9.17) is 0 Å². The molecule has 1 aromatic rings. The van der Waals surface area contributed by atoms with Crippen LogP contribution in [0, 0.1) is 0 Å². The Morgan fingerprint density at radius 2 is 2.15 bits per heavy atom. The fraction of sp³-hybridized carbons (Fsp3) is 0.400. The molecule has 1 unspecified atom stereocenters. The quantitative estimate of drug-likeness (QED) is 0.633. The van der Waals surface area contributed by atoms with Crippen molar-refractivity contribution >= 4 is 11.4 Å². The summed E-state index contributed by atoms with van der Waals surface area (Å²) in [6.45, 7) is 1.97. The van der Waals surface area contributed by atoms with E-state index < -0.39 is 0 Å². The molecule has 0 aliphatic carbocycles. The molecule has 0 saturated heterocycles. The Morgan fingerprint density at radius 1 is 1.38 bits per heavy atom. The van der Waals surface area contributed by atoms with Gasteiger partial charge in [-0.15, -0.1) is 0 Å². The van der Waals surface area contributed by atoms with E-state index in [1.807, 2.05) is 13.1 Å². The normalized spacial score (nSPS) is 19.9. The van der Waals surface area contributed by atoms with Gasteiger partial charge in [-0.25, -0.2) is 0 Å². The van der Waals surface area contributed by atoms with Crippen molar-refractivity contribution < 1.29 is 0 Å². The van der Waals surface area contributed by atoms with Crippen molar-refractivity contribution in [2.45, 2.75) is 6.04 Å². The van der Waals surface area contributed by atoms with Crippen LogP contribution in [0.25, 0.3) is 0 Å². The van der Waals surface area contributed by atoms with Crippen molar-refractivity contribution in [3.05, 3.63) is 24.3 Å². The molecule has 1 aliphatic rings. The molecule has 2 rings (SSSR count). The molecule has 1 aliphatic heterocycles. The molecule has 3 heteroatoms. The SMILES string of the molecule is CNCC1CNc2ccccc2N1. The molecular weight excluding hydrogens is 162 g/mol. The van der Waals surface area contributed by atoms with Crippen LogP contribution in [0.3, 0.4) is 0 Å². The maximum atomic E-state index is 3.47. The van der Waals surface area contributed by atoms with Gasteiger partial charge >= 0.3 is 0 Å². The zero-order chi connectivity index (χ0) is 9.10. The minimum atomic E-state index is 0.486. The second kappa shape index (κ2) is 3.66.